The van der Waals surface area contributed by atoms with Crippen molar-refractivity contribution in [3.63, 3.8) is 0 Å². The number of hydrazone groups is 1. The molecule has 5 heteroatoms. The molecule has 0 spiro atoms. The average molecular weight is 307 g/mol. The van der Waals surface area contributed by atoms with Gasteiger partial charge in [-0.3, -0.25) is 5.43 Å². The Morgan fingerprint density at radius 2 is 1.96 bits per heavy atom. The van der Waals surface area contributed by atoms with Crippen LogP contribution in [0.2, 0.25) is 0 Å². The van der Waals surface area contributed by atoms with E-state index in [1.165, 1.54) is 12.1 Å². The molecule has 0 aliphatic carbocycles. The number of para-hydroxylation sites is 1. The van der Waals surface area contributed by atoms with Gasteiger partial charge in [0, 0.05) is 11.1 Å². The fourth-order valence-corrected chi connectivity index (χ4v) is 2.27. The first-order chi connectivity index (χ1) is 11.1. The molecule has 1 N–H and O–H groups in total. The summed E-state index contributed by atoms with van der Waals surface area (Å²) in [5.74, 6) is -0.333. The van der Waals surface area contributed by atoms with Gasteiger partial charge < -0.3 is 14.6 Å². The molecule has 1 heterocycles. The normalized spacial score (nSPS) is 16.4. The summed E-state index contributed by atoms with van der Waals surface area (Å²) in [6, 6.07) is 14.0. The number of nitrogens with one attached hydrogen (secondary N) is 1. The van der Waals surface area contributed by atoms with Gasteiger partial charge in [-0.1, -0.05) is 30.3 Å². The maximum absolute atomic E-state index is 10.7. The van der Waals surface area contributed by atoms with Crippen LogP contribution in [-0.2, 0) is 0 Å². The van der Waals surface area contributed by atoms with E-state index >= 15 is 0 Å². The highest BCUT2D eigenvalue weighted by molar-refractivity contribution is 5.89. The largest absolute Gasteiger partial charge is 0.545 e. The first-order valence-electron chi connectivity index (χ1n) is 7.21. The average Bonchev–Trinajstić information content (AvgIpc) is 2.56. The van der Waals surface area contributed by atoms with E-state index in [0.717, 1.165) is 16.9 Å². The minimum absolute atomic E-state index is 0.0871. The van der Waals surface area contributed by atoms with Crippen LogP contribution in [-0.4, -0.2) is 18.3 Å². The van der Waals surface area contributed by atoms with Crippen molar-refractivity contribution in [3.05, 3.63) is 65.2 Å². The molecule has 5 nitrogen and oxygen atoms in total. The third-order valence-electron chi connectivity index (χ3n) is 3.54. The first-order valence-corrected chi connectivity index (χ1v) is 7.21. The Hall–Kier alpha value is -3.08. The van der Waals surface area contributed by atoms with Crippen LogP contribution in [0.5, 0.6) is 5.75 Å². The van der Waals surface area contributed by atoms with E-state index < -0.39 is 5.97 Å². The van der Waals surface area contributed by atoms with E-state index in [9.17, 15) is 9.90 Å². The number of carboxylic acids is 1. The van der Waals surface area contributed by atoms with Gasteiger partial charge in [0.2, 0.25) is 0 Å². The number of carboxylic acid groups (broad SMARTS) is 1. The van der Waals surface area contributed by atoms with Gasteiger partial charge in [-0.25, -0.2) is 0 Å². The summed E-state index contributed by atoms with van der Waals surface area (Å²) < 4.78 is 5.83. The number of hydrogen-bond acceptors (Lipinski definition) is 5. The number of anilines is 1. The molecule has 0 bridgehead atoms. The van der Waals surface area contributed by atoms with Crippen LogP contribution in [0.15, 0.2) is 59.2 Å². The number of ether oxygens (including phenoxy) is 1. The van der Waals surface area contributed by atoms with Crippen molar-refractivity contribution in [2.24, 2.45) is 5.10 Å². The van der Waals surface area contributed by atoms with Crippen molar-refractivity contribution in [2.45, 2.75) is 13.0 Å². The van der Waals surface area contributed by atoms with E-state index in [4.69, 9.17) is 4.74 Å². The Balaban J connectivity index is 1.70. The Kier molecular flexibility index (Phi) is 4.10. The fourth-order valence-electron chi connectivity index (χ4n) is 2.27. The number of nitrogens with zero attached hydrogens (tertiary/aromatic N) is 1. The van der Waals surface area contributed by atoms with Crippen molar-refractivity contribution >= 4 is 23.9 Å². The van der Waals surface area contributed by atoms with Gasteiger partial charge in [0.25, 0.3) is 0 Å². The van der Waals surface area contributed by atoms with E-state index in [1.54, 1.807) is 18.3 Å². The van der Waals surface area contributed by atoms with E-state index in [0.29, 0.717) is 5.69 Å². The number of hydrogen-bond donors (Lipinski definition) is 1. The van der Waals surface area contributed by atoms with E-state index in [2.05, 4.69) is 10.5 Å². The molecule has 116 valence electrons. The number of carbonyl (C=O) groups excluding carboxylic acids is 1. The van der Waals surface area contributed by atoms with Crippen molar-refractivity contribution in [2.75, 3.05) is 5.43 Å². The lowest BCUT2D eigenvalue weighted by Gasteiger charge is -2.22. The molecule has 1 aliphatic rings. The minimum atomic E-state index is -1.20. The number of fused-ring (bicyclic) bond motifs is 1. The first kappa shape index (κ1) is 14.8. The number of carbonyl (C=O) groups is 1. The molecule has 0 unspecified atom stereocenters. The van der Waals surface area contributed by atoms with Crippen molar-refractivity contribution < 1.29 is 14.6 Å². The molecule has 1 aliphatic heterocycles. The molecule has 1 atom stereocenters. The van der Waals surface area contributed by atoms with Crippen LogP contribution in [0.3, 0.4) is 0 Å². The summed E-state index contributed by atoms with van der Waals surface area (Å²) in [6.45, 7) is 1.96. The third-order valence-corrected chi connectivity index (χ3v) is 3.54. The molecular weight excluding hydrogens is 292 g/mol. The molecule has 2 aromatic carbocycles. The predicted molar refractivity (Wildman–Crippen MR) is 87.4 cm³/mol. The van der Waals surface area contributed by atoms with Crippen molar-refractivity contribution in [3.8, 4) is 5.75 Å². The molecule has 23 heavy (non-hydrogen) atoms. The summed E-state index contributed by atoms with van der Waals surface area (Å²) in [7, 11) is 0. The predicted octanol–water partition coefficient (Wildman–Crippen LogP) is 2.31. The van der Waals surface area contributed by atoms with Gasteiger partial charge in [0.15, 0.2) is 0 Å². The SMILES string of the molecule is C[C@H]1Oc2ccccc2C=C1/C=N\Nc1ccc(C(=O)[O-])cc1. The highest BCUT2D eigenvalue weighted by Gasteiger charge is 2.16. The van der Waals surface area contributed by atoms with E-state index in [1.807, 2.05) is 37.3 Å². The Labute approximate surface area is 133 Å². The highest BCUT2D eigenvalue weighted by Crippen LogP contribution is 2.28. The summed E-state index contributed by atoms with van der Waals surface area (Å²) in [4.78, 5) is 10.7. The zero-order valence-corrected chi connectivity index (χ0v) is 12.5. The Morgan fingerprint density at radius 1 is 1.22 bits per heavy atom. The standard InChI is InChI=1S/C18H16N2O3/c1-12-15(10-14-4-2-3-5-17(14)23-12)11-19-20-16-8-6-13(7-9-16)18(21)22/h2-12,20H,1H3,(H,21,22)/p-1/b19-11-/t12-/m1/s1. The second kappa shape index (κ2) is 6.36. The van der Waals surface area contributed by atoms with Crippen LogP contribution in [0, 0.1) is 0 Å². The van der Waals surface area contributed by atoms with Crippen LogP contribution >= 0.6 is 0 Å². The molecule has 0 fully saturated rings. The number of benzene rings is 2. The van der Waals surface area contributed by atoms with Crippen LogP contribution in [0.25, 0.3) is 6.08 Å². The molecule has 0 saturated heterocycles. The lowest BCUT2D eigenvalue weighted by atomic mass is 10.0. The molecular formula is C18H15N2O3-. The number of aromatic carboxylic acids is 1. The minimum Gasteiger partial charge on any atom is -0.545 e. The van der Waals surface area contributed by atoms with Crippen molar-refractivity contribution in [1.29, 1.82) is 0 Å². The maximum atomic E-state index is 10.7. The molecule has 0 saturated carbocycles. The Bertz CT molecular complexity index is 779. The van der Waals surface area contributed by atoms with Crippen LogP contribution in [0.4, 0.5) is 5.69 Å². The summed E-state index contributed by atoms with van der Waals surface area (Å²) in [5.41, 5.74) is 5.65. The summed E-state index contributed by atoms with van der Waals surface area (Å²) >= 11 is 0. The summed E-state index contributed by atoms with van der Waals surface area (Å²) in [6.07, 6.45) is 3.65. The zero-order chi connectivity index (χ0) is 16.2. The van der Waals surface area contributed by atoms with E-state index in [-0.39, 0.29) is 11.7 Å². The summed E-state index contributed by atoms with van der Waals surface area (Å²) in [5, 5.41) is 14.9. The quantitative estimate of drug-likeness (QED) is 0.695. The molecule has 0 radical (unpaired) electrons. The lowest BCUT2D eigenvalue weighted by Crippen LogP contribution is -2.21. The van der Waals surface area contributed by atoms with Gasteiger partial charge in [0.05, 0.1) is 17.9 Å². The monoisotopic (exact) mass is 307 g/mol. The van der Waals surface area contributed by atoms with Gasteiger partial charge in [-0.05, 0) is 36.8 Å². The second-order valence-electron chi connectivity index (χ2n) is 5.18. The second-order valence-corrected chi connectivity index (χ2v) is 5.18. The van der Waals surface area contributed by atoms with Crippen LogP contribution in [0.1, 0.15) is 22.8 Å². The van der Waals surface area contributed by atoms with Gasteiger partial charge >= 0.3 is 0 Å². The van der Waals surface area contributed by atoms with Crippen molar-refractivity contribution in [1.82, 2.24) is 0 Å². The Morgan fingerprint density at radius 3 is 2.70 bits per heavy atom. The molecule has 3 rings (SSSR count). The smallest absolute Gasteiger partial charge is 0.127 e. The zero-order valence-electron chi connectivity index (χ0n) is 12.5. The van der Waals surface area contributed by atoms with Gasteiger partial charge in [0.1, 0.15) is 11.9 Å². The van der Waals surface area contributed by atoms with Gasteiger partial charge in [-0.15, -0.1) is 0 Å². The maximum Gasteiger partial charge on any atom is 0.127 e. The number of rotatable bonds is 4. The topological polar surface area (TPSA) is 73.8 Å². The fraction of sp³-hybridized carbons (Fsp3) is 0.111. The molecule has 2 aromatic rings. The third kappa shape index (κ3) is 3.40. The van der Waals surface area contributed by atoms with Gasteiger partial charge in [-0.2, -0.15) is 5.10 Å². The molecule has 0 aromatic heterocycles. The lowest BCUT2D eigenvalue weighted by molar-refractivity contribution is -0.255. The molecule has 0 amide bonds. The highest BCUT2D eigenvalue weighted by atomic mass is 16.5. The van der Waals surface area contributed by atoms with Crippen LogP contribution < -0.4 is 15.3 Å².